The Morgan fingerprint density at radius 2 is 0.900 bits per heavy atom. The summed E-state index contributed by atoms with van der Waals surface area (Å²) in [5, 5.41) is 0. The van der Waals surface area contributed by atoms with Crippen molar-refractivity contribution in [3.05, 3.63) is 0 Å². The van der Waals surface area contributed by atoms with E-state index in [-0.39, 0.29) is 0 Å². The van der Waals surface area contributed by atoms with E-state index in [1.165, 1.54) is 99.9 Å². The van der Waals surface area contributed by atoms with Crippen molar-refractivity contribution in [3.63, 3.8) is 0 Å². The van der Waals surface area contributed by atoms with Crippen LogP contribution in [0.2, 0.25) is 24.2 Å². The maximum Gasteiger partial charge on any atom is 0.0716 e. The van der Waals surface area contributed by atoms with E-state index in [0.717, 1.165) is 0 Å². The molecule has 0 aromatic carbocycles. The third kappa shape index (κ3) is 15.8. The minimum Gasteiger partial charge on any atom is -0.385 e. The van der Waals surface area contributed by atoms with E-state index in [4.69, 9.17) is 9.47 Å². The zero-order valence-corrected chi connectivity index (χ0v) is 25.2. The molecule has 2 nitrogen and oxygen atoms in total. The summed E-state index contributed by atoms with van der Waals surface area (Å²) in [4.78, 5) is 0. The molecule has 0 rings (SSSR count). The van der Waals surface area contributed by atoms with Gasteiger partial charge in [0.15, 0.2) is 0 Å². The van der Waals surface area contributed by atoms with Crippen LogP contribution in [0.15, 0.2) is 0 Å². The smallest absolute Gasteiger partial charge is 0.0716 e. The van der Waals surface area contributed by atoms with Crippen molar-refractivity contribution < 1.29 is 9.47 Å². The lowest BCUT2D eigenvalue weighted by Crippen LogP contribution is -2.32. The molecular formula is C24H54O2S2Si2. The molecule has 0 fully saturated rings. The standard InChI is InChI=1S/C24H54O2S2Si2/c1-7-19-29(20-8-2)23(25-5)15-11-13-17-27-28-18-14-12-16-24(26-6)30(21-9-3)22-10-4/h23-24,29-30H,7-22H2,1-6H3. The molecule has 0 spiro atoms. The molecule has 30 heavy (non-hydrogen) atoms. The second-order valence-corrected chi connectivity index (χ2v) is 18.4. The summed E-state index contributed by atoms with van der Waals surface area (Å²) in [5.41, 5.74) is 1.23. The van der Waals surface area contributed by atoms with Crippen LogP contribution in [0.25, 0.3) is 0 Å². The number of hydrogen-bond donors (Lipinski definition) is 0. The monoisotopic (exact) mass is 494 g/mol. The highest BCUT2D eigenvalue weighted by molar-refractivity contribution is 8.76. The molecule has 0 aliphatic carbocycles. The molecule has 0 aromatic heterocycles. The summed E-state index contributed by atoms with van der Waals surface area (Å²) in [6, 6.07) is 5.84. The first kappa shape index (κ1) is 31.1. The number of ether oxygens (including phenoxy) is 2. The highest BCUT2D eigenvalue weighted by atomic mass is 33.1. The van der Waals surface area contributed by atoms with Gasteiger partial charge in [0, 0.05) is 37.2 Å². The van der Waals surface area contributed by atoms with Crippen molar-refractivity contribution in [1.82, 2.24) is 0 Å². The molecule has 182 valence electrons. The Morgan fingerprint density at radius 1 is 0.567 bits per heavy atom. The van der Waals surface area contributed by atoms with Gasteiger partial charge in [-0.05, 0) is 25.7 Å². The van der Waals surface area contributed by atoms with Crippen LogP contribution in [0, 0.1) is 0 Å². The van der Waals surface area contributed by atoms with Crippen molar-refractivity contribution in [3.8, 4) is 0 Å². The first-order chi connectivity index (χ1) is 14.7. The molecular weight excluding hydrogens is 441 g/mol. The molecule has 0 saturated carbocycles. The van der Waals surface area contributed by atoms with Crippen LogP contribution in [-0.4, -0.2) is 54.8 Å². The first-order valence-corrected chi connectivity index (χ1v) is 20.1. The van der Waals surface area contributed by atoms with Crippen LogP contribution in [0.3, 0.4) is 0 Å². The van der Waals surface area contributed by atoms with E-state index in [9.17, 15) is 0 Å². The van der Waals surface area contributed by atoms with Crippen molar-refractivity contribution in [2.75, 3.05) is 25.7 Å². The van der Waals surface area contributed by atoms with E-state index in [2.05, 4.69) is 49.3 Å². The summed E-state index contributed by atoms with van der Waals surface area (Å²) in [7, 11) is 6.69. The molecule has 0 saturated heterocycles. The zero-order chi connectivity index (χ0) is 22.5. The minimum absolute atomic E-state index is 0.615. The van der Waals surface area contributed by atoms with Gasteiger partial charge in [-0.15, -0.1) is 0 Å². The third-order valence-corrected chi connectivity index (χ3v) is 17.5. The topological polar surface area (TPSA) is 18.5 Å². The van der Waals surface area contributed by atoms with E-state index in [0.29, 0.717) is 11.5 Å². The average molecular weight is 495 g/mol. The number of unbranched alkanes of at least 4 members (excludes halogenated alkanes) is 2. The molecule has 0 radical (unpaired) electrons. The molecule has 0 aliphatic heterocycles. The van der Waals surface area contributed by atoms with E-state index >= 15 is 0 Å². The van der Waals surface area contributed by atoms with Gasteiger partial charge in [0.05, 0.1) is 17.6 Å². The van der Waals surface area contributed by atoms with Crippen LogP contribution >= 0.6 is 21.6 Å². The Labute approximate surface area is 201 Å². The van der Waals surface area contributed by atoms with Crippen LogP contribution < -0.4 is 0 Å². The Morgan fingerprint density at radius 3 is 1.17 bits per heavy atom. The van der Waals surface area contributed by atoms with Crippen molar-refractivity contribution in [2.45, 2.75) is 128 Å². The van der Waals surface area contributed by atoms with Crippen LogP contribution in [-0.2, 0) is 9.47 Å². The SMILES string of the molecule is CCC[SiH](CCC)C(CCCCSSCCCCC(OC)[SiH](CCC)CCC)OC. The summed E-state index contributed by atoms with van der Waals surface area (Å²) < 4.78 is 11.8. The van der Waals surface area contributed by atoms with Gasteiger partial charge in [-0.3, -0.25) is 0 Å². The van der Waals surface area contributed by atoms with Gasteiger partial charge in [-0.1, -0.05) is 112 Å². The number of hydrogen-bond acceptors (Lipinski definition) is 4. The number of methoxy groups -OCH3 is 2. The normalized spacial score (nSPS) is 14.0. The Balaban J connectivity index is 3.79. The molecule has 6 heteroatoms. The highest BCUT2D eigenvalue weighted by Crippen LogP contribution is 2.26. The zero-order valence-electron chi connectivity index (χ0n) is 21.3. The fourth-order valence-corrected chi connectivity index (χ4v) is 14.2. The fourth-order valence-electron chi connectivity index (χ4n) is 4.74. The van der Waals surface area contributed by atoms with Crippen molar-refractivity contribution in [2.24, 2.45) is 0 Å². The summed E-state index contributed by atoms with van der Waals surface area (Å²) >= 11 is 0. The third-order valence-electron chi connectivity index (χ3n) is 6.31. The summed E-state index contributed by atoms with van der Waals surface area (Å²) in [5.74, 6) is 2.61. The minimum atomic E-state index is -0.697. The second kappa shape index (κ2) is 23.2. The predicted molar refractivity (Wildman–Crippen MR) is 149 cm³/mol. The molecule has 2 atom stereocenters. The van der Waals surface area contributed by atoms with Gasteiger partial charge in [0.25, 0.3) is 0 Å². The van der Waals surface area contributed by atoms with E-state index < -0.39 is 17.6 Å². The van der Waals surface area contributed by atoms with Crippen LogP contribution in [0.4, 0.5) is 0 Å². The molecule has 0 bridgehead atoms. The number of rotatable bonds is 23. The molecule has 0 heterocycles. The lowest BCUT2D eigenvalue weighted by atomic mass is 10.3. The van der Waals surface area contributed by atoms with Gasteiger partial charge >= 0.3 is 0 Å². The Bertz CT molecular complexity index is 307. The second-order valence-electron chi connectivity index (χ2n) is 8.86. The van der Waals surface area contributed by atoms with E-state index in [1.807, 2.05) is 14.2 Å². The largest absolute Gasteiger partial charge is 0.385 e. The van der Waals surface area contributed by atoms with Gasteiger partial charge in [-0.2, -0.15) is 0 Å². The fraction of sp³-hybridized carbons (Fsp3) is 1.00. The lowest BCUT2D eigenvalue weighted by Gasteiger charge is -2.24. The predicted octanol–water partition coefficient (Wildman–Crippen LogP) is 7.91. The Kier molecular flexibility index (Phi) is 24.0. The van der Waals surface area contributed by atoms with Gasteiger partial charge < -0.3 is 9.47 Å². The molecule has 0 aliphatic rings. The van der Waals surface area contributed by atoms with Crippen LogP contribution in [0.1, 0.15) is 91.9 Å². The maximum atomic E-state index is 5.91. The van der Waals surface area contributed by atoms with Gasteiger partial charge in [0.1, 0.15) is 0 Å². The van der Waals surface area contributed by atoms with Crippen molar-refractivity contribution in [1.29, 1.82) is 0 Å². The van der Waals surface area contributed by atoms with Crippen LogP contribution in [0.5, 0.6) is 0 Å². The quantitative estimate of drug-likeness (QED) is 0.0815. The molecule has 0 aromatic rings. The maximum absolute atomic E-state index is 5.91. The Hall–Kier alpha value is 1.05. The molecule has 2 unspecified atom stereocenters. The average Bonchev–Trinajstić information content (AvgIpc) is 2.75. The van der Waals surface area contributed by atoms with Gasteiger partial charge in [0.2, 0.25) is 0 Å². The highest BCUT2D eigenvalue weighted by Gasteiger charge is 2.21. The molecule has 0 N–H and O–H groups in total. The van der Waals surface area contributed by atoms with Crippen molar-refractivity contribution >= 4 is 39.2 Å². The lowest BCUT2D eigenvalue weighted by molar-refractivity contribution is 0.150. The van der Waals surface area contributed by atoms with Gasteiger partial charge in [-0.25, -0.2) is 0 Å². The summed E-state index contributed by atoms with van der Waals surface area (Å²) in [6.07, 6.45) is 13.4. The molecule has 0 amide bonds. The van der Waals surface area contributed by atoms with E-state index in [1.54, 1.807) is 0 Å². The first-order valence-electron chi connectivity index (χ1n) is 13.0. The summed E-state index contributed by atoms with van der Waals surface area (Å²) in [6.45, 7) is 9.34.